The van der Waals surface area contributed by atoms with Gasteiger partial charge >= 0.3 is 11.9 Å². The first-order valence-corrected chi connectivity index (χ1v) is 8.07. The Morgan fingerprint density at radius 1 is 1.22 bits per heavy atom. The zero-order valence-electron chi connectivity index (χ0n) is 12.8. The Morgan fingerprint density at radius 2 is 1.87 bits per heavy atom. The first-order chi connectivity index (χ1) is 11.1. The molecular weight excluding hydrogens is 320 g/mol. The lowest BCUT2D eigenvalue weighted by atomic mass is 9.97. The monoisotopic (exact) mass is 336 g/mol. The summed E-state index contributed by atoms with van der Waals surface area (Å²) in [5.74, 6) is -1.71. The molecule has 0 bridgehead atoms. The second kappa shape index (κ2) is 6.11. The lowest BCUT2D eigenvalue weighted by Gasteiger charge is -2.15. The quantitative estimate of drug-likeness (QED) is 0.619. The highest BCUT2D eigenvalue weighted by Gasteiger charge is 2.33. The van der Waals surface area contributed by atoms with Crippen molar-refractivity contribution in [2.45, 2.75) is 31.7 Å². The number of fused-ring (bicyclic) bond motifs is 3. The fourth-order valence-corrected chi connectivity index (χ4v) is 4.11. The molecule has 0 aliphatic heterocycles. The van der Waals surface area contributed by atoms with Crippen molar-refractivity contribution in [3.63, 3.8) is 0 Å². The molecule has 0 aromatic carbocycles. The lowest BCUT2D eigenvalue weighted by molar-refractivity contribution is -0.157. The number of carbonyl (C=O) groups is 2. The number of rotatable bonds is 3. The van der Waals surface area contributed by atoms with Gasteiger partial charge in [-0.25, -0.2) is 14.6 Å². The molecule has 0 saturated carbocycles. The minimum Gasteiger partial charge on any atom is -0.467 e. The third-order valence-electron chi connectivity index (χ3n) is 4.03. The molecule has 0 spiro atoms. The van der Waals surface area contributed by atoms with Crippen LogP contribution in [0.15, 0.2) is 11.1 Å². The summed E-state index contributed by atoms with van der Waals surface area (Å²) in [7, 11) is 2.31. The van der Waals surface area contributed by atoms with Crippen LogP contribution < -0.4 is 5.56 Å². The number of carbonyl (C=O) groups excluding carboxylic acids is 2. The molecule has 1 aliphatic rings. The Hall–Kier alpha value is -2.22. The second-order valence-electron chi connectivity index (χ2n) is 5.30. The molecule has 0 unspecified atom stereocenters. The van der Waals surface area contributed by atoms with Crippen molar-refractivity contribution in [2.75, 3.05) is 14.2 Å². The summed E-state index contributed by atoms with van der Waals surface area (Å²) in [6, 6.07) is -1.48. The van der Waals surface area contributed by atoms with Crippen LogP contribution in [0.1, 0.15) is 29.3 Å². The van der Waals surface area contributed by atoms with Crippen LogP contribution in [0.5, 0.6) is 0 Å². The number of hydrogen-bond acceptors (Lipinski definition) is 7. The van der Waals surface area contributed by atoms with Gasteiger partial charge in [0.2, 0.25) is 6.04 Å². The molecule has 0 atom stereocenters. The zero-order chi connectivity index (χ0) is 16.6. The molecule has 7 nitrogen and oxygen atoms in total. The van der Waals surface area contributed by atoms with Gasteiger partial charge in [0.05, 0.1) is 19.6 Å². The van der Waals surface area contributed by atoms with Gasteiger partial charge in [-0.2, -0.15) is 0 Å². The SMILES string of the molecule is COC(=O)C(C(=O)OC)n1cnc2sc3c(c2c1=O)CCCC3. The minimum atomic E-state index is -1.48. The Bertz CT molecular complexity index is 822. The van der Waals surface area contributed by atoms with E-state index < -0.39 is 23.5 Å². The van der Waals surface area contributed by atoms with Gasteiger partial charge in [-0.15, -0.1) is 11.3 Å². The molecule has 0 fully saturated rings. The number of ether oxygens (including phenoxy) is 2. The van der Waals surface area contributed by atoms with Crippen LogP contribution in [0.4, 0.5) is 0 Å². The molecule has 2 heterocycles. The molecule has 8 heteroatoms. The molecule has 0 saturated heterocycles. The van der Waals surface area contributed by atoms with E-state index in [4.69, 9.17) is 0 Å². The maximum absolute atomic E-state index is 12.9. The molecule has 0 radical (unpaired) electrons. The Kier molecular flexibility index (Phi) is 4.16. The van der Waals surface area contributed by atoms with Crippen molar-refractivity contribution >= 4 is 33.5 Å². The summed E-state index contributed by atoms with van der Waals surface area (Å²) < 4.78 is 10.3. The normalized spacial score (nSPS) is 13.9. The molecule has 0 amide bonds. The van der Waals surface area contributed by atoms with Gasteiger partial charge in [-0.05, 0) is 31.2 Å². The maximum atomic E-state index is 12.9. The fourth-order valence-electron chi connectivity index (χ4n) is 2.89. The van der Waals surface area contributed by atoms with Gasteiger partial charge in [0.1, 0.15) is 11.2 Å². The van der Waals surface area contributed by atoms with Gasteiger partial charge < -0.3 is 9.47 Å². The van der Waals surface area contributed by atoms with E-state index in [0.717, 1.165) is 50.0 Å². The van der Waals surface area contributed by atoms with Crippen molar-refractivity contribution < 1.29 is 19.1 Å². The molecule has 1 aliphatic carbocycles. The highest BCUT2D eigenvalue weighted by Crippen LogP contribution is 2.33. The van der Waals surface area contributed by atoms with E-state index in [1.165, 1.54) is 22.5 Å². The van der Waals surface area contributed by atoms with Crippen LogP contribution in [-0.4, -0.2) is 35.7 Å². The highest BCUT2D eigenvalue weighted by atomic mass is 32.1. The van der Waals surface area contributed by atoms with Crippen molar-refractivity contribution in [1.82, 2.24) is 9.55 Å². The third-order valence-corrected chi connectivity index (χ3v) is 5.23. The molecular formula is C15H16N2O5S. The number of thiophene rings is 1. The average molecular weight is 336 g/mol. The number of nitrogens with zero attached hydrogens (tertiary/aromatic N) is 2. The first kappa shape index (κ1) is 15.7. The van der Waals surface area contributed by atoms with Crippen LogP contribution in [-0.2, 0) is 31.9 Å². The van der Waals surface area contributed by atoms with Crippen LogP contribution in [0.2, 0.25) is 0 Å². The predicted octanol–water partition coefficient (Wildman–Crippen LogP) is 1.22. The van der Waals surface area contributed by atoms with Gasteiger partial charge in [0.25, 0.3) is 5.56 Å². The topological polar surface area (TPSA) is 87.5 Å². The van der Waals surface area contributed by atoms with Gasteiger partial charge in [-0.3, -0.25) is 9.36 Å². The van der Waals surface area contributed by atoms with E-state index in [9.17, 15) is 14.4 Å². The van der Waals surface area contributed by atoms with Crippen molar-refractivity contribution in [2.24, 2.45) is 0 Å². The first-order valence-electron chi connectivity index (χ1n) is 7.25. The summed E-state index contributed by atoms with van der Waals surface area (Å²) in [5.41, 5.74) is 0.590. The molecule has 23 heavy (non-hydrogen) atoms. The number of hydrogen-bond donors (Lipinski definition) is 0. The number of aryl methyl sites for hydroxylation is 2. The number of esters is 2. The summed E-state index contributed by atoms with van der Waals surface area (Å²) in [4.78, 5) is 42.8. The van der Waals surface area contributed by atoms with Gasteiger partial charge in [-0.1, -0.05) is 0 Å². The van der Waals surface area contributed by atoms with Crippen LogP contribution in [0.25, 0.3) is 10.2 Å². The Labute approximate surface area is 135 Å². The highest BCUT2D eigenvalue weighted by molar-refractivity contribution is 7.18. The molecule has 2 aromatic rings. The van der Waals surface area contributed by atoms with Crippen molar-refractivity contribution in [3.8, 4) is 0 Å². The minimum absolute atomic E-state index is 0.407. The Balaban J connectivity index is 2.21. The van der Waals surface area contributed by atoms with Crippen molar-refractivity contribution in [3.05, 3.63) is 27.1 Å². The lowest BCUT2D eigenvalue weighted by Crippen LogP contribution is -2.36. The standard InChI is InChI=1S/C15H16N2O5S/c1-21-14(19)11(15(20)22-2)17-7-16-12-10(13(17)18)8-5-3-4-6-9(8)23-12/h7,11H,3-6H2,1-2H3. The van der Waals surface area contributed by atoms with E-state index in [1.54, 1.807) is 0 Å². The van der Waals surface area contributed by atoms with E-state index in [-0.39, 0.29) is 0 Å². The Morgan fingerprint density at radius 3 is 2.52 bits per heavy atom. The van der Waals surface area contributed by atoms with Gasteiger partial charge in [0.15, 0.2) is 0 Å². The summed E-state index contributed by atoms with van der Waals surface area (Å²) in [6.45, 7) is 0. The molecule has 3 rings (SSSR count). The average Bonchev–Trinajstić information content (AvgIpc) is 2.95. The van der Waals surface area contributed by atoms with Crippen LogP contribution in [0.3, 0.4) is 0 Å². The van der Waals surface area contributed by atoms with E-state index in [0.29, 0.717) is 10.2 Å². The molecule has 122 valence electrons. The summed E-state index contributed by atoms with van der Waals surface area (Å²) in [6.07, 6.45) is 5.08. The molecule has 2 aromatic heterocycles. The van der Waals surface area contributed by atoms with Crippen LogP contribution >= 0.6 is 11.3 Å². The number of methoxy groups -OCH3 is 2. The smallest absolute Gasteiger partial charge is 0.340 e. The van der Waals surface area contributed by atoms with E-state index in [2.05, 4.69) is 14.5 Å². The van der Waals surface area contributed by atoms with Crippen molar-refractivity contribution in [1.29, 1.82) is 0 Å². The van der Waals surface area contributed by atoms with Gasteiger partial charge in [0, 0.05) is 4.88 Å². The fraction of sp³-hybridized carbons (Fsp3) is 0.467. The second-order valence-corrected chi connectivity index (χ2v) is 6.38. The summed E-state index contributed by atoms with van der Waals surface area (Å²) >= 11 is 1.51. The van der Waals surface area contributed by atoms with Crippen LogP contribution in [0, 0.1) is 0 Å². The van der Waals surface area contributed by atoms with E-state index >= 15 is 0 Å². The number of aromatic nitrogens is 2. The predicted molar refractivity (Wildman–Crippen MR) is 83.6 cm³/mol. The summed E-state index contributed by atoms with van der Waals surface area (Å²) in [5, 5.41) is 0.505. The molecule has 0 N–H and O–H groups in total. The zero-order valence-corrected chi connectivity index (χ0v) is 13.6. The maximum Gasteiger partial charge on any atom is 0.340 e. The largest absolute Gasteiger partial charge is 0.467 e. The van der Waals surface area contributed by atoms with E-state index in [1.807, 2.05) is 0 Å². The third kappa shape index (κ3) is 2.52.